The molecule has 1 unspecified atom stereocenters. The Balaban J connectivity index is 1.46. The third-order valence-corrected chi connectivity index (χ3v) is 7.14. The minimum atomic E-state index is -2.98. The van der Waals surface area contributed by atoms with Gasteiger partial charge in [-0.2, -0.15) is 0 Å². The lowest BCUT2D eigenvalue weighted by Crippen LogP contribution is -2.35. The molecule has 134 valence electrons. The molecule has 0 bridgehead atoms. The van der Waals surface area contributed by atoms with Crippen LogP contribution in [-0.2, 0) is 14.6 Å². The maximum absolute atomic E-state index is 12.0. The van der Waals surface area contributed by atoms with Gasteiger partial charge in [-0.05, 0) is 19.3 Å². The van der Waals surface area contributed by atoms with Gasteiger partial charge in [-0.25, -0.2) is 8.42 Å². The number of rotatable bonds is 5. The zero-order valence-electron chi connectivity index (χ0n) is 13.6. The van der Waals surface area contributed by atoms with Gasteiger partial charge < -0.3 is 9.73 Å². The molecule has 3 rings (SSSR count). The normalized spacial score (nSPS) is 24.6. The zero-order chi connectivity index (χ0) is 17.0. The monoisotopic (exact) mass is 373 g/mol. The Morgan fingerprint density at radius 3 is 2.58 bits per heavy atom. The fourth-order valence-corrected chi connectivity index (χ4v) is 5.57. The molecular formula is C15H23N3O4S2. The summed E-state index contributed by atoms with van der Waals surface area (Å²) in [7, 11) is -2.98. The molecular weight excluding hydrogens is 350 g/mol. The Labute approximate surface area is 146 Å². The van der Waals surface area contributed by atoms with Crippen molar-refractivity contribution in [3.05, 3.63) is 5.89 Å². The lowest BCUT2D eigenvalue weighted by Gasteiger charge is -2.15. The lowest BCUT2D eigenvalue weighted by atomic mass is 10.1. The van der Waals surface area contributed by atoms with Crippen LogP contribution < -0.4 is 5.32 Å². The quantitative estimate of drug-likeness (QED) is 0.621. The number of thioether (sulfide) groups is 1. The van der Waals surface area contributed by atoms with Crippen molar-refractivity contribution in [2.75, 3.05) is 17.3 Å². The fraction of sp³-hybridized carbons (Fsp3) is 0.800. The van der Waals surface area contributed by atoms with Crippen molar-refractivity contribution in [1.29, 1.82) is 0 Å². The Morgan fingerprint density at radius 2 is 1.92 bits per heavy atom. The van der Waals surface area contributed by atoms with E-state index < -0.39 is 9.84 Å². The van der Waals surface area contributed by atoms with Crippen molar-refractivity contribution in [3.8, 4) is 0 Å². The number of hydrogen-bond acceptors (Lipinski definition) is 7. The van der Waals surface area contributed by atoms with E-state index in [1.54, 1.807) is 0 Å². The van der Waals surface area contributed by atoms with Crippen LogP contribution in [0.2, 0.25) is 0 Å². The van der Waals surface area contributed by atoms with Crippen molar-refractivity contribution < 1.29 is 17.6 Å². The van der Waals surface area contributed by atoms with Crippen LogP contribution in [0.15, 0.2) is 9.64 Å². The van der Waals surface area contributed by atoms with E-state index in [1.807, 2.05) is 0 Å². The van der Waals surface area contributed by atoms with E-state index in [9.17, 15) is 13.2 Å². The van der Waals surface area contributed by atoms with Crippen molar-refractivity contribution in [3.63, 3.8) is 0 Å². The maximum atomic E-state index is 12.0. The Morgan fingerprint density at radius 1 is 1.17 bits per heavy atom. The number of carbonyl (C=O) groups excluding carboxylic acids is 1. The highest BCUT2D eigenvalue weighted by molar-refractivity contribution is 7.99. The summed E-state index contributed by atoms with van der Waals surface area (Å²) in [4.78, 5) is 12.0. The first-order chi connectivity index (χ1) is 11.5. The molecule has 1 aromatic rings. The number of hydrogen-bond donors (Lipinski definition) is 1. The highest BCUT2D eigenvalue weighted by atomic mass is 32.2. The first kappa shape index (κ1) is 17.7. The number of aromatic nitrogens is 2. The topological polar surface area (TPSA) is 102 Å². The molecule has 2 heterocycles. The SMILES string of the molecule is O=C(CSc1nnc(C2CCS(=O)(=O)C2)o1)NC1CCCCCC1. The largest absolute Gasteiger partial charge is 0.416 e. The minimum absolute atomic E-state index is 0.0184. The number of carbonyl (C=O) groups is 1. The highest BCUT2D eigenvalue weighted by Gasteiger charge is 2.32. The molecule has 7 nitrogen and oxygen atoms in total. The lowest BCUT2D eigenvalue weighted by molar-refractivity contribution is -0.119. The highest BCUT2D eigenvalue weighted by Crippen LogP contribution is 2.29. The van der Waals surface area contributed by atoms with Crippen LogP contribution in [0.1, 0.15) is 56.8 Å². The number of sulfone groups is 1. The number of nitrogens with one attached hydrogen (secondary N) is 1. The summed E-state index contributed by atoms with van der Waals surface area (Å²) in [5, 5.41) is 11.2. The minimum Gasteiger partial charge on any atom is -0.416 e. The summed E-state index contributed by atoms with van der Waals surface area (Å²) < 4.78 is 28.5. The predicted molar refractivity (Wildman–Crippen MR) is 90.7 cm³/mol. The molecule has 2 aliphatic rings. The molecule has 1 amide bonds. The van der Waals surface area contributed by atoms with Crippen molar-refractivity contribution in [2.45, 2.75) is 62.1 Å². The third-order valence-electron chi connectivity index (χ3n) is 4.55. The van der Waals surface area contributed by atoms with Crippen molar-refractivity contribution in [1.82, 2.24) is 15.5 Å². The summed E-state index contributed by atoms with van der Waals surface area (Å²) in [6.07, 6.45) is 7.49. The van der Waals surface area contributed by atoms with E-state index in [2.05, 4.69) is 15.5 Å². The van der Waals surface area contributed by atoms with Gasteiger partial charge in [0.1, 0.15) is 0 Å². The first-order valence-electron chi connectivity index (χ1n) is 8.48. The summed E-state index contributed by atoms with van der Waals surface area (Å²) in [6, 6.07) is 0.280. The smallest absolute Gasteiger partial charge is 0.277 e. The molecule has 1 saturated carbocycles. The molecule has 0 radical (unpaired) electrons. The Bertz CT molecular complexity index is 666. The second-order valence-corrected chi connectivity index (χ2v) is 9.71. The zero-order valence-corrected chi connectivity index (χ0v) is 15.2. The Hall–Kier alpha value is -1.09. The van der Waals surface area contributed by atoms with Crippen LogP contribution in [-0.4, -0.2) is 47.8 Å². The van der Waals surface area contributed by atoms with Gasteiger partial charge in [0.05, 0.1) is 23.2 Å². The Kier molecular flexibility index (Phi) is 5.80. The van der Waals surface area contributed by atoms with Crippen LogP contribution >= 0.6 is 11.8 Å². The van der Waals surface area contributed by atoms with Gasteiger partial charge in [-0.3, -0.25) is 4.79 Å². The van der Waals surface area contributed by atoms with Gasteiger partial charge in [0, 0.05) is 6.04 Å². The molecule has 2 fully saturated rings. The van der Waals surface area contributed by atoms with E-state index in [0.717, 1.165) is 12.8 Å². The summed E-state index contributed by atoms with van der Waals surface area (Å²) in [6.45, 7) is 0. The van der Waals surface area contributed by atoms with Gasteiger partial charge in [0.2, 0.25) is 11.8 Å². The summed E-state index contributed by atoms with van der Waals surface area (Å²) in [5.41, 5.74) is 0. The second kappa shape index (κ2) is 7.86. The average Bonchev–Trinajstić information content (AvgIpc) is 3.06. The number of amides is 1. The molecule has 1 atom stereocenters. The molecule has 0 spiro atoms. The molecule has 1 aliphatic heterocycles. The molecule has 1 aromatic heterocycles. The van der Waals surface area contributed by atoms with E-state index in [-0.39, 0.29) is 35.1 Å². The standard InChI is InChI=1S/C15H23N3O4S2/c19-13(16-12-5-3-1-2-4-6-12)9-23-15-18-17-14(22-15)11-7-8-24(20,21)10-11/h11-12H,1-10H2,(H,16,19). The molecule has 1 saturated heterocycles. The maximum Gasteiger partial charge on any atom is 0.277 e. The van der Waals surface area contributed by atoms with Gasteiger partial charge >= 0.3 is 0 Å². The van der Waals surface area contributed by atoms with Gasteiger partial charge in [0.15, 0.2) is 9.84 Å². The van der Waals surface area contributed by atoms with Crippen molar-refractivity contribution >= 4 is 27.5 Å². The number of nitrogens with zero attached hydrogens (tertiary/aromatic N) is 2. The molecule has 9 heteroatoms. The van der Waals surface area contributed by atoms with Crippen LogP contribution in [0.3, 0.4) is 0 Å². The summed E-state index contributed by atoms with van der Waals surface area (Å²) in [5.74, 6) is 0.615. The van der Waals surface area contributed by atoms with Crippen LogP contribution in [0, 0.1) is 0 Å². The van der Waals surface area contributed by atoms with E-state index in [1.165, 1.54) is 37.4 Å². The van der Waals surface area contributed by atoms with Crippen LogP contribution in [0.25, 0.3) is 0 Å². The molecule has 1 N–H and O–H groups in total. The van der Waals surface area contributed by atoms with E-state index in [0.29, 0.717) is 17.5 Å². The van der Waals surface area contributed by atoms with Gasteiger partial charge in [-0.15, -0.1) is 10.2 Å². The van der Waals surface area contributed by atoms with Gasteiger partial charge in [0.25, 0.3) is 5.22 Å². The van der Waals surface area contributed by atoms with E-state index in [4.69, 9.17) is 4.42 Å². The average molecular weight is 374 g/mol. The first-order valence-corrected chi connectivity index (χ1v) is 11.3. The second-order valence-electron chi connectivity index (χ2n) is 6.55. The van der Waals surface area contributed by atoms with Crippen molar-refractivity contribution in [2.24, 2.45) is 0 Å². The fourth-order valence-electron chi connectivity index (χ4n) is 3.25. The van der Waals surface area contributed by atoms with Gasteiger partial charge in [-0.1, -0.05) is 37.4 Å². The summed E-state index contributed by atoms with van der Waals surface area (Å²) >= 11 is 1.20. The molecule has 0 aromatic carbocycles. The molecule has 1 aliphatic carbocycles. The van der Waals surface area contributed by atoms with Crippen LogP contribution in [0.4, 0.5) is 0 Å². The van der Waals surface area contributed by atoms with E-state index >= 15 is 0 Å². The molecule has 24 heavy (non-hydrogen) atoms. The predicted octanol–water partition coefficient (Wildman–Crippen LogP) is 1.90. The third kappa shape index (κ3) is 4.95. The van der Waals surface area contributed by atoms with Crippen LogP contribution in [0.5, 0.6) is 0 Å².